The molecule has 0 saturated carbocycles. The predicted molar refractivity (Wildman–Crippen MR) is 88.9 cm³/mol. The van der Waals surface area contributed by atoms with Crippen LogP contribution in [-0.4, -0.2) is 35.7 Å². The third-order valence-corrected chi connectivity index (χ3v) is 3.20. The zero-order valence-corrected chi connectivity index (χ0v) is 14.8. The van der Waals surface area contributed by atoms with Crippen molar-refractivity contribution in [3.8, 4) is 0 Å². The van der Waals surface area contributed by atoms with Crippen LogP contribution in [0.1, 0.15) is 40.2 Å². The Hall–Kier alpha value is -2.04. The predicted octanol–water partition coefficient (Wildman–Crippen LogP) is 3.62. The highest BCUT2D eigenvalue weighted by atomic mass is 16.6. The Morgan fingerprint density at radius 1 is 1.13 bits per heavy atom. The first-order valence-corrected chi connectivity index (χ1v) is 7.78. The van der Waals surface area contributed by atoms with Crippen molar-refractivity contribution in [2.75, 3.05) is 7.05 Å². The lowest BCUT2D eigenvalue weighted by Gasteiger charge is -2.31. The molecule has 0 aliphatic carbocycles. The van der Waals surface area contributed by atoms with Crippen molar-refractivity contribution in [2.45, 2.75) is 52.9 Å². The molecule has 0 radical (unpaired) electrons. The number of likely N-dealkylation sites (N-methyl/N-ethyl adjacent to an activating group) is 1. The summed E-state index contributed by atoms with van der Waals surface area (Å²) in [5.74, 6) is -0.520. The molecule has 0 aliphatic rings. The van der Waals surface area contributed by atoms with E-state index < -0.39 is 23.7 Å². The third-order valence-electron chi connectivity index (χ3n) is 3.20. The van der Waals surface area contributed by atoms with E-state index in [4.69, 9.17) is 9.47 Å². The second kappa shape index (κ2) is 7.99. The first kappa shape index (κ1) is 19.0. The van der Waals surface area contributed by atoms with E-state index in [1.807, 2.05) is 44.2 Å². The number of carbonyl (C=O) groups excluding carboxylic acids is 2. The van der Waals surface area contributed by atoms with Gasteiger partial charge in [-0.25, -0.2) is 9.59 Å². The van der Waals surface area contributed by atoms with E-state index in [0.29, 0.717) is 0 Å². The lowest BCUT2D eigenvalue weighted by molar-refractivity contribution is -0.152. The van der Waals surface area contributed by atoms with Gasteiger partial charge in [0, 0.05) is 7.05 Å². The average Bonchev–Trinajstić information content (AvgIpc) is 2.44. The highest BCUT2D eigenvalue weighted by molar-refractivity contribution is 5.81. The average molecular weight is 321 g/mol. The fourth-order valence-corrected chi connectivity index (χ4v) is 2.14. The highest BCUT2D eigenvalue weighted by Crippen LogP contribution is 2.16. The number of hydrogen-bond donors (Lipinski definition) is 0. The molecule has 1 aromatic carbocycles. The standard InChI is InChI=1S/C18H27NO4/c1-13(2)15(19(6)17(21)23-18(3,4)5)16(20)22-12-14-10-8-7-9-11-14/h7-11,13,15H,12H2,1-6H3. The molecule has 128 valence electrons. The van der Waals surface area contributed by atoms with Gasteiger partial charge in [0.25, 0.3) is 0 Å². The fourth-order valence-electron chi connectivity index (χ4n) is 2.14. The summed E-state index contributed by atoms with van der Waals surface area (Å²) >= 11 is 0. The number of carbonyl (C=O) groups is 2. The molecule has 1 aromatic rings. The van der Waals surface area contributed by atoms with Crippen molar-refractivity contribution in [3.05, 3.63) is 35.9 Å². The molecule has 0 saturated heterocycles. The molecule has 0 heterocycles. The van der Waals surface area contributed by atoms with Gasteiger partial charge in [-0.05, 0) is 32.3 Å². The van der Waals surface area contributed by atoms with E-state index in [-0.39, 0.29) is 12.5 Å². The lowest BCUT2D eigenvalue weighted by Crippen LogP contribution is -2.48. The van der Waals surface area contributed by atoms with Crippen molar-refractivity contribution < 1.29 is 19.1 Å². The zero-order chi connectivity index (χ0) is 17.6. The zero-order valence-electron chi connectivity index (χ0n) is 14.8. The maximum absolute atomic E-state index is 12.4. The molecule has 5 nitrogen and oxygen atoms in total. The molecule has 5 heteroatoms. The SMILES string of the molecule is CC(C)C(C(=O)OCc1ccccc1)N(C)C(=O)OC(C)(C)C. The molecule has 0 N–H and O–H groups in total. The van der Waals surface area contributed by atoms with Crippen LogP contribution in [0, 0.1) is 5.92 Å². The van der Waals surface area contributed by atoms with Gasteiger partial charge in [-0.1, -0.05) is 44.2 Å². The largest absolute Gasteiger partial charge is 0.459 e. The minimum atomic E-state index is -0.687. The summed E-state index contributed by atoms with van der Waals surface area (Å²) in [6, 6.07) is 8.75. The van der Waals surface area contributed by atoms with Crippen LogP contribution in [0.5, 0.6) is 0 Å². The van der Waals surface area contributed by atoms with E-state index in [1.165, 1.54) is 4.90 Å². The Morgan fingerprint density at radius 2 is 1.70 bits per heavy atom. The number of ether oxygens (including phenoxy) is 2. The van der Waals surface area contributed by atoms with Crippen molar-refractivity contribution in [3.63, 3.8) is 0 Å². The van der Waals surface area contributed by atoms with Crippen LogP contribution in [0.2, 0.25) is 0 Å². The van der Waals surface area contributed by atoms with Gasteiger partial charge in [0.1, 0.15) is 18.2 Å². The van der Waals surface area contributed by atoms with Crippen LogP contribution in [0.15, 0.2) is 30.3 Å². The molecule has 0 fully saturated rings. The topological polar surface area (TPSA) is 55.8 Å². The highest BCUT2D eigenvalue weighted by Gasteiger charge is 2.33. The smallest absolute Gasteiger partial charge is 0.410 e. The van der Waals surface area contributed by atoms with Crippen LogP contribution in [-0.2, 0) is 20.9 Å². The van der Waals surface area contributed by atoms with Crippen molar-refractivity contribution in [2.24, 2.45) is 5.92 Å². The van der Waals surface area contributed by atoms with Gasteiger partial charge >= 0.3 is 12.1 Å². The quantitative estimate of drug-likeness (QED) is 0.777. The molecule has 1 rings (SSSR count). The van der Waals surface area contributed by atoms with Gasteiger partial charge in [0.05, 0.1) is 0 Å². The second-order valence-electron chi connectivity index (χ2n) is 6.87. The lowest BCUT2D eigenvalue weighted by atomic mass is 10.0. The van der Waals surface area contributed by atoms with Crippen LogP contribution >= 0.6 is 0 Å². The van der Waals surface area contributed by atoms with E-state index in [1.54, 1.807) is 27.8 Å². The monoisotopic (exact) mass is 321 g/mol. The normalized spacial score (nSPS) is 12.7. The fraction of sp³-hybridized carbons (Fsp3) is 0.556. The van der Waals surface area contributed by atoms with Crippen LogP contribution in [0.3, 0.4) is 0 Å². The van der Waals surface area contributed by atoms with E-state index >= 15 is 0 Å². The summed E-state index contributed by atoms with van der Waals surface area (Å²) in [6.07, 6.45) is -0.534. The Labute approximate surface area is 138 Å². The van der Waals surface area contributed by atoms with Gasteiger partial charge in [-0.15, -0.1) is 0 Å². The van der Waals surface area contributed by atoms with Crippen LogP contribution < -0.4 is 0 Å². The number of rotatable bonds is 5. The second-order valence-corrected chi connectivity index (χ2v) is 6.87. The van der Waals surface area contributed by atoms with Gasteiger partial charge in [0.2, 0.25) is 0 Å². The molecule has 0 aromatic heterocycles. The minimum absolute atomic E-state index is 0.0872. The van der Waals surface area contributed by atoms with Gasteiger partial charge in [0.15, 0.2) is 0 Å². The van der Waals surface area contributed by atoms with Gasteiger partial charge < -0.3 is 9.47 Å². The van der Waals surface area contributed by atoms with Crippen molar-refractivity contribution >= 4 is 12.1 Å². The molecule has 1 unspecified atom stereocenters. The number of amides is 1. The summed E-state index contributed by atoms with van der Waals surface area (Å²) < 4.78 is 10.7. The van der Waals surface area contributed by atoms with Crippen molar-refractivity contribution in [1.29, 1.82) is 0 Å². The van der Waals surface area contributed by atoms with Gasteiger partial charge in [-0.2, -0.15) is 0 Å². The summed E-state index contributed by atoms with van der Waals surface area (Å²) in [6.45, 7) is 9.29. The Balaban J connectivity index is 2.72. The summed E-state index contributed by atoms with van der Waals surface area (Å²) in [4.78, 5) is 25.9. The molecule has 1 atom stereocenters. The summed E-state index contributed by atoms with van der Waals surface area (Å²) in [7, 11) is 1.56. The molecular formula is C18H27NO4. The van der Waals surface area contributed by atoms with E-state index in [9.17, 15) is 9.59 Å². The molecule has 0 bridgehead atoms. The molecule has 0 aliphatic heterocycles. The molecule has 23 heavy (non-hydrogen) atoms. The molecule has 1 amide bonds. The van der Waals surface area contributed by atoms with E-state index in [0.717, 1.165) is 5.56 Å². The molecule has 0 spiro atoms. The summed E-state index contributed by atoms with van der Waals surface area (Å²) in [5.41, 5.74) is 0.296. The number of hydrogen-bond acceptors (Lipinski definition) is 4. The number of benzene rings is 1. The number of nitrogens with zero attached hydrogens (tertiary/aromatic N) is 1. The third kappa shape index (κ3) is 6.30. The van der Waals surface area contributed by atoms with Crippen molar-refractivity contribution in [1.82, 2.24) is 4.90 Å². The minimum Gasteiger partial charge on any atom is -0.459 e. The summed E-state index contributed by atoms with van der Waals surface area (Å²) in [5, 5.41) is 0. The van der Waals surface area contributed by atoms with Crippen LogP contribution in [0.25, 0.3) is 0 Å². The Kier molecular flexibility index (Phi) is 6.61. The maximum atomic E-state index is 12.4. The molecular weight excluding hydrogens is 294 g/mol. The van der Waals surface area contributed by atoms with Crippen LogP contribution in [0.4, 0.5) is 4.79 Å². The first-order valence-electron chi connectivity index (χ1n) is 7.78. The Morgan fingerprint density at radius 3 is 2.17 bits per heavy atom. The number of esters is 1. The van der Waals surface area contributed by atoms with Gasteiger partial charge in [-0.3, -0.25) is 4.90 Å². The maximum Gasteiger partial charge on any atom is 0.410 e. The Bertz CT molecular complexity index is 520. The first-order chi connectivity index (χ1) is 10.6. The van der Waals surface area contributed by atoms with E-state index in [2.05, 4.69) is 0 Å².